The van der Waals surface area contributed by atoms with Gasteiger partial charge in [-0.25, -0.2) is 4.98 Å². The van der Waals surface area contributed by atoms with Crippen LogP contribution < -0.4 is 9.64 Å². The smallest absolute Gasteiger partial charge is 0.301 e. The average Bonchev–Trinajstić information content (AvgIpc) is 3.41. The molecule has 0 saturated carbocycles. The van der Waals surface area contributed by atoms with Crippen molar-refractivity contribution >= 4 is 39.6 Å². The van der Waals surface area contributed by atoms with Gasteiger partial charge in [-0.3, -0.25) is 24.6 Å². The van der Waals surface area contributed by atoms with E-state index < -0.39 is 22.7 Å². The number of ketones is 1. The summed E-state index contributed by atoms with van der Waals surface area (Å²) >= 11 is 1.14. The van der Waals surface area contributed by atoms with Gasteiger partial charge in [-0.2, -0.15) is 0 Å². The molecule has 0 aliphatic carbocycles. The summed E-state index contributed by atoms with van der Waals surface area (Å²) in [6, 6.07) is 11.0. The van der Waals surface area contributed by atoms with Crippen LogP contribution in [0.5, 0.6) is 5.75 Å². The molecular weight excluding hydrogens is 434 g/mol. The molecule has 2 aromatic carbocycles. The van der Waals surface area contributed by atoms with E-state index in [2.05, 4.69) is 4.98 Å². The van der Waals surface area contributed by atoms with Gasteiger partial charge in [0, 0.05) is 29.3 Å². The molecule has 1 saturated heterocycles. The number of rotatable bonds is 6. The minimum Gasteiger partial charge on any atom is -0.507 e. The Morgan fingerprint density at radius 3 is 2.62 bits per heavy atom. The van der Waals surface area contributed by atoms with Crippen LogP contribution in [0.25, 0.3) is 5.76 Å². The van der Waals surface area contributed by atoms with Crippen LogP contribution in [-0.2, 0) is 9.59 Å². The molecule has 32 heavy (non-hydrogen) atoms. The number of ether oxygens (including phenoxy) is 1. The molecule has 1 N–H and O–H groups in total. The number of nitro groups is 1. The van der Waals surface area contributed by atoms with Crippen molar-refractivity contribution in [3.05, 3.63) is 86.9 Å². The van der Waals surface area contributed by atoms with Crippen LogP contribution in [-0.4, -0.2) is 33.3 Å². The van der Waals surface area contributed by atoms with Gasteiger partial charge in [-0.1, -0.05) is 12.1 Å². The van der Waals surface area contributed by atoms with Crippen LogP contribution >= 0.6 is 11.3 Å². The Morgan fingerprint density at radius 1 is 1.25 bits per heavy atom. The number of carbonyl (C=O) groups excluding carboxylic acids is 2. The van der Waals surface area contributed by atoms with Crippen LogP contribution in [0.4, 0.5) is 10.8 Å². The van der Waals surface area contributed by atoms with Crippen molar-refractivity contribution in [3.8, 4) is 5.75 Å². The molecule has 1 aromatic heterocycles. The lowest BCUT2D eigenvalue weighted by atomic mass is 9.95. The van der Waals surface area contributed by atoms with Gasteiger partial charge >= 0.3 is 5.91 Å². The van der Waals surface area contributed by atoms with Crippen molar-refractivity contribution in [2.75, 3.05) is 11.5 Å². The van der Waals surface area contributed by atoms with E-state index >= 15 is 0 Å². The number of benzene rings is 2. The van der Waals surface area contributed by atoms with E-state index in [1.165, 1.54) is 24.4 Å². The Bertz CT molecular complexity index is 1220. The van der Waals surface area contributed by atoms with Gasteiger partial charge in [0.05, 0.1) is 23.1 Å². The molecule has 1 amide bonds. The zero-order valence-corrected chi connectivity index (χ0v) is 17.6. The predicted octanol–water partition coefficient (Wildman–Crippen LogP) is 4.08. The minimum absolute atomic E-state index is 0.171. The van der Waals surface area contributed by atoms with E-state index in [4.69, 9.17) is 4.74 Å². The summed E-state index contributed by atoms with van der Waals surface area (Å²) in [5.41, 5.74) is 0.241. The molecule has 2 heterocycles. The molecule has 1 atom stereocenters. The summed E-state index contributed by atoms with van der Waals surface area (Å²) in [5.74, 6) is -1.57. The van der Waals surface area contributed by atoms with E-state index in [9.17, 15) is 24.8 Å². The van der Waals surface area contributed by atoms with Crippen LogP contribution in [0.1, 0.15) is 24.1 Å². The maximum Gasteiger partial charge on any atom is 0.301 e. The summed E-state index contributed by atoms with van der Waals surface area (Å²) in [6.45, 7) is 2.31. The first-order chi connectivity index (χ1) is 15.4. The number of nitro benzene ring substituents is 1. The normalized spacial score (nSPS) is 17.5. The lowest BCUT2D eigenvalue weighted by Gasteiger charge is -2.22. The van der Waals surface area contributed by atoms with Gasteiger partial charge in [0.1, 0.15) is 11.5 Å². The lowest BCUT2D eigenvalue weighted by Crippen LogP contribution is -2.29. The number of carbonyl (C=O) groups is 2. The summed E-state index contributed by atoms with van der Waals surface area (Å²) in [5, 5.41) is 24.2. The van der Waals surface area contributed by atoms with Gasteiger partial charge in [0.2, 0.25) is 0 Å². The second-order valence-corrected chi connectivity index (χ2v) is 7.67. The Balaban J connectivity index is 1.90. The number of anilines is 1. The quantitative estimate of drug-likeness (QED) is 0.197. The monoisotopic (exact) mass is 451 g/mol. The summed E-state index contributed by atoms with van der Waals surface area (Å²) in [6.07, 6.45) is 1.48. The van der Waals surface area contributed by atoms with Gasteiger partial charge in [0.15, 0.2) is 5.13 Å². The second kappa shape index (κ2) is 8.60. The van der Waals surface area contributed by atoms with Crippen molar-refractivity contribution in [3.63, 3.8) is 0 Å². The number of hydrogen-bond donors (Lipinski definition) is 1. The first-order valence-corrected chi connectivity index (χ1v) is 10.5. The van der Waals surface area contributed by atoms with Crippen molar-refractivity contribution in [2.24, 2.45) is 0 Å². The number of aliphatic hydroxyl groups excluding tert-OH is 1. The van der Waals surface area contributed by atoms with Crippen molar-refractivity contribution in [1.29, 1.82) is 0 Å². The third-order valence-corrected chi connectivity index (χ3v) is 5.68. The molecule has 1 aliphatic heterocycles. The maximum absolute atomic E-state index is 13.0. The van der Waals surface area contributed by atoms with Gasteiger partial charge in [0.25, 0.3) is 11.5 Å². The van der Waals surface area contributed by atoms with E-state index in [0.29, 0.717) is 23.5 Å². The number of nitrogens with zero attached hydrogens (tertiary/aromatic N) is 3. The third kappa shape index (κ3) is 3.71. The number of non-ortho nitro benzene ring substituents is 1. The standard InChI is InChI=1S/C22H17N3O6S/c1-2-31-16-8-6-13(7-9-16)19(26)17-18(14-4-3-5-15(12-14)25(29)30)24(21(28)20(17)27)22-23-10-11-32-22/h3-12,18,26H,2H2,1H3/t18-/m1/s1. The lowest BCUT2D eigenvalue weighted by molar-refractivity contribution is -0.384. The number of Topliss-reactive ketones (excluding diaryl/α,β-unsaturated/α-hetero) is 1. The minimum atomic E-state index is -1.08. The van der Waals surface area contributed by atoms with Crippen LogP contribution in [0.2, 0.25) is 0 Å². The van der Waals surface area contributed by atoms with Crippen molar-refractivity contribution in [2.45, 2.75) is 13.0 Å². The highest BCUT2D eigenvalue weighted by atomic mass is 32.1. The van der Waals surface area contributed by atoms with Crippen LogP contribution in [0.3, 0.4) is 0 Å². The van der Waals surface area contributed by atoms with E-state index in [1.807, 2.05) is 6.92 Å². The fourth-order valence-corrected chi connectivity index (χ4v) is 4.19. The molecule has 162 valence electrons. The Hall–Kier alpha value is -4.05. The van der Waals surface area contributed by atoms with E-state index in [-0.39, 0.29) is 22.2 Å². The highest BCUT2D eigenvalue weighted by molar-refractivity contribution is 7.14. The highest BCUT2D eigenvalue weighted by Gasteiger charge is 2.48. The van der Waals surface area contributed by atoms with Gasteiger partial charge < -0.3 is 9.84 Å². The van der Waals surface area contributed by atoms with Gasteiger partial charge in [-0.05, 0) is 36.8 Å². The molecule has 9 nitrogen and oxygen atoms in total. The molecule has 4 rings (SSSR count). The molecule has 0 bridgehead atoms. The first kappa shape index (κ1) is 21.2. The van der Waals surface area contributed by atoms with Gasteiger partial charge in [-0.15, -0.1) is 11.3 Å². The molecule has 3 aromatic rings. The average molecular weight is 451 g/mol. The highest BCUT2D eigenvalue weighted by Crippen LogP contribution is 2.43. The predicted molar refractivity (Wildman–Crippen MR) is 118 cm³/mol. The summed E-state index contributed by atoms with van der Waals surface area (Å²) in [4.78, 5) is 42.0. The molecule has 0 spiro atoms. The molecule has 0 radical (unpaired) electrons. The number of thiazole rings is 1. The molecular formula is C22H17N3O6S. The first-order valence-electron chi connectivity index (χ1n) is 9.60. The largest absolute Gasteiger partial charge is 0.507 e. The summed E-state index contributed by atoms with van der Waals surface area (Å²) < 4.78 is 5.40. The number of aliphatic hydroxyl groups is 1. The zero-order chi connectivity index (χ0) is 22.8. The fraction of sp³-hybridized carbons (Fsp3) is 0.136. The molecule has 10 heteroatoms. The van der Waals surface area contributed by atoms with Crippen LogP contribution in [0.15, 0.2) is 65.7 Å². The third-order valence-electron chi connectivity index (χ3n) is 4.91. The fourth-order valence-electron chi connectivity index (χ4n) is 3.52. The maximum atomic E-state index is 13.0. The molecule has 1 aliphatic rings. The topological polar surface area (TPSA) is 123 Å². The zero-order valence-electron chi connectivity index (χ0n) is 16.8. The molecule has 1 fully saturated rings. The Labute approximate surface area is 186 Å². The van der Waals surface area contributed by atoms with Crippen molar-refractivity contribution in [1.82, 2.24) is 4.98 Å². The van der Waals surface area contributed by atoms with E-state index in [1.54, 1.807) is 35.7 Å². The molecule has 0 unspecified atom stereocenters. The van der Waals surface area contributed by atoms with Crippen molar-refractivity contribution < 1.29 is 24.4 Å². The Kier molecular flexibility index (Phi) is 5.69. The Morgan fingerprint density at radius 2 is 2.00 bits per heavy atom. The number of aromatic nitrogens is 1. The number of hydrogen-bond acceptors (Lipinski definition) is 8. The SMILES string of the molecule is CCOc1ccc(C(O)=C2C(=O)C(=O)N(c3nccs3)[C@@H]2c2cccc([N+](=O)[O-])c2)cc1. The number of amides is 1. The second-order valence-electron chi connectivity index (χ2n) is 6.79. The summed E-state index contributed by atoms with van der Waals surface area (Å²) in [7, 11) is 0. The van der Waals surface area contributed by atoms with E-state index in [0.717, 1.165) is 16.2 Å². The van der Waals surface area contributed by atoms with Crippen LogP contribution in [0, 0.1) is 10.1 Å².